The molecule has 1 aliphatic heterocycles. The minimum Gasteiger partial charge on any atom is -0.200 e. The van der Waals surface area contributed by atoms with E-state index in [1.165, 1.54) is 12.1 Å². The Labute approximate surface area is 175 Å². The Kier molecular flexibility index (Phi) is 5.14. The fraction of sp³-hybridized carbons (Fsp3) is 0.0870. The minimum atomic E-state index is -3.84. The van der Waals surface area contributed by atoms with E-state index in [0.29, 0.717) is 16.3 Å². The molecule has 1 atom stereocenters. The van der Waals surface area contributed by atoms with E-state index >= 15 is 0 Å². The number of terminal acetylenes is 1. The smallest absolute Gasteiger partial charge is 0.200 e. The van der Waals surface area contributed by atoms with Gasteiger partial charge in [0.2, 0.25) is 0 Å². The van der Waals surface area contributed by atoms with E-state index in [9.17, 15) is 8.42 Å². The number of hydrogen-bond donors (Lipinski definition) is 0. The molecule has 0 N–H and O–H groups in total. The van der Waals surface area contributed by atoms with Crippen molar-refractivity contribution in [1.29, 1.82) is 0 Å². The van der Waals surface area contributed by atoms with Crippen LogP contribution in [0.25, 0.3) is 0 Å². The molecule has 4 rings (SSSR count). The zero-order chi connectivity index (χ0) is 20.4. The van der Waals surface area contributed by atoms with Crippen molar-refractivity contribution in [2.45, 2.75) is 10.8 Å². The average molecular weight is 421 g/mol. The third-order valence-corrected chi connectivity index (χ3v) is 6.69. The largest absolute Gasteiger partial charge is 0.279 e. The van der Waals surface area contributed by atoms with Crippen molar-refractivity contribution >= 4 is 27.3 Å². The van der Waals surface area contributed by atoms with Gasteiger partial charge in [0.25, 0.3) is 10.0 Å². The van der Waals surface area contributed by atoms with E-state index in [1.807, 2.05) is 42.5 Å². The van der Waals surface area contributed by atoms with Crippen LogP contribution in [-0.2, 0) is 10.0 Å². The summed E-state index contributed by atoms with van der Waals surface area (Å²) in [7, 11) is -3.84. The van der Waals surface area contributed by atoms with E-state index in [0.717, 1.165) is 15.5 Å². The van der Waals surface area contributed by atoms with Gasteiger partial charge in [0.05, 0.1) is 17.2 Å². The Bertz CT molecular complexity index is 1210. The molecule has 29 heavy (non-hydrogen) atoms. The third kappa shape index (κ3) is 3.77. The van der Waals surface area contributed by atoms with Crippen LogP contribution >= 0.6 is 11.6 Å². The first-order chi connectivity index (χ1) is 14.0. The molecule has 0 aromatic heterocycles. The topological polar surface area (TPSA) is 49.7 Å². The highest BCUT2D eigenvalue weighted by Crippen LogP contribution is 2.32. The summed E-state index contributed by atoms with van der Waals surface area (Å²) in [5.41, 5.74) is 3.02. The molecule has 0 radical (unpaired) electrons. The first kappa shape index (κ1) is 19.3. The van der Waals surface area contributed by atoms with Gasteiger partial charge in [0.15, 0.2) is 0 Å². The lowest BCUT2D eigenvalue weighted by atomic mass is 9.91. The molecule has 0 saturated carbocycles. The first-order valence-electron chi connectivity index (χ1n) is 8.98. The Hall–Kier alpha value is -3.07. The van der Waals surface area contributed by atoms with Gasteiger partial charge in [0, 0.05) is 16.5 Å². The van der Waals surface area contributed by atoms with Crippen molar-refractivity contribution in [3.63, 3.8) is 0 Å². The highest BCUT2D eigenvalue weighted by molar-refractivity contribution is 7.89. The summed E-state index contributed by atoms with van der Waals surface area (Å²) in [5.74, 6) is 2.28. The lowest BCUT2D eigenvalue weighted by molar-refractivity contribution is 0.451. The molecular weight excluding hydrogens is 404 g/mol. The van der Waals surface area contributed by atoms with Crippen LogP contribution in [0.1, 0.15) is 22.6 Å². The molecular formula is C23H17ClN2O2S. The van der Waals surface area contributed by atoms with Crippen LogP contribution in [-0.4, -0.2) is 25.1 Å². The minimum absolute atomic E-state index is 0.126. The van der Waals surface area contributed by atoms with Gasteiger partial charge in [-0.15, -0.1) is 6.42 Å². The molecule has 0 aliphatic carbocycles. The molecule has 1 heterocycles. The Morgan fingerprint density at radius 3 is 2.41 bits per heavy atom. The summed E-state index contributed by atoms with van der Waals surface area (Å²) in [5, 5.41) is 5.13. The first-order valence-corrected chi connectivity index (χ1v) is 10.8. The molecule has 1 unspecified atom stereocenters. The molecule has 0 amide bonds. The SMILES string of the molecule is C#Cc1cccc(S(=O)(=O)N2CC(c3ccccc3)C(c3ccc(Cl)cc3)=N2)c1. The van der Waals surface area contributed by atoms with Crippen LogP contribution < -0.4 is 0 Å². The average Bonchev–Trinajstić information content (AvgIpc) is 3.21. The van der Waals surface area contributed by atoms with Gasteiger partial charge in [-0.1, -0.05) is 66.1 Å². The van der Waals surface area contributed by atoms with Crippen LogP contribution in [0, 0.1) is 12.3 Å². The van der Waals surface area contributed by atoms with Crippen LogP contribution in [0.3, 0.4) is 0 Å². The fourth-order valence-corrected chi connectivity index (χ4v) is 4.76. The number of nitrogens with zero attached hydrogens (tertiary/aromatic N) is 2. The normalized spacial score (nSPS) is 16.3. The maximum Gasteiger partial charge on any atom is 0.279 e. The van der Waals surface area contributed by atoms with Gasteiger partial charge in [-0.05, 0) is 41.5 Å². The Morgan fingerprint density at radius 2 is 1.72 bits per heavy atom. The molecule has 0 saturated heterocycles. The van der Waals surface area contributed by atoms with E-state index in [4.69, 9.17) is 18.0 Å². The van der Waals surface area contributed by atoms with Crippen molar-refractivity contribution < 1.29 is 8.42 Å². The number of hydrazone groups is 1. The Balaban J connectivity index is 1.79. The number of hydrogen-bond acceptors (Lipinski definition) is 3. The fourth-order valence-electron chi connectivity index (χ4n) is 3.32. The van der Waals surface area contributed by atoms with Gasteiger partial charge >= 0.3 is 0 Å². The maximum absolute atomic E-state index is 13.2. The van der Waals surface area contributed by atoms with Gasteiger partial charge in [-0.25, -0.2) is 0 Å². The molecule has 3 aromatic rings. The molecule has 1 aliphatic rings. The van der Waals surface area contributed by atoms with Crippen LogP contribution in [0.5, 0.6) is 0 Å². The monoisotopic (exact) mass is 420 g/mol. The summed E-state index contributed by atoms with van der Waals surface area (Å²) in [6.07, 6.45) is 5.43. The quantitative estimate of drug-likeness (QED) is 0.583. The third-order valence-electron chi connectivity index (χ3n) is 4.81. The van der Waals surface area contributed by atoms with E-state index < -0.39 is 10.0 Å². The molecule has 3 aromatic carbocycles. The molecule has 6 heteroatoms. The zero-order valence-electron chi connectivity index (χ0n) is 15.4. The second-order valence-electron chi connectivity index (χ2n) is 6.64. The zero-order valence-corrected chi connectivity index (χ0v) is 16.9. The number of halogens is 1. The molecule has 4 nitrogen and oxygen atoms in total. The van der Waals surface area contributed by atoms with Gasteiger partial charge in [-0.3, -0.25) is 0 Å². The predicted octanol–water partition coefficient (Wildman–Crippen LogP) is 4.51. The van der Waals surface area contributed by atoms with Gasteiger partial charge < -0.3 is 0 Å². The second kappa shape index (κ2) is 7.75. The molecule has 0 fully saturated rings. The Morgan fingerprint density at radius 1 is 1.00 bits per heavy atom. The highest BCUT2D eigenvalue weighted by Gasteiger charge is 2.36. The standard InChI is InChI=1S/C23H17ClN2O2S/c1-2-17-7-6-10-21(15-17)29(27,28)26-16-22(18-8-4-3-5-9-18)23(25-26)19-11-13-20(24)14-12-19/h1,3-15,22H,16H2. The lowest BCUT2D eigenvalue weighted by Gasteiger charge is -2.17. The van der Waals surface area contributed by atoms with Gasteiger partial charge in [0.1, 0.15) is 0 Å². The number of rotatable bonds is 4. The van der Waals surface area contributed by atoms with Crippen molar-refractivity contribution in [3.8, 4) is 12.3 Å². The molecule has 144 valence electrons. The number of benzene rings is 3. The summed E-state index contributed by atoms with van der Waals surface area (Å²) >= 11 is 6.02. The maximum atomic E-state index is 13.2. The molecule has 0 spiro atoms. The van der Waals surface area contributed by atoms with Crippen LogP contribution in [0.15, 0.2) is 88.9 Å². The van der Waals surface area contributed by atoms with Crippen LogP contribution in [0.4, 0.5) is 0 Å². The van der Waals surface area contributed by atoms with E-state index in [2.05, 4.69) is 11.0 Å². The summed E-state index contributed by atoms with van der Waals surface area (Å²) in [6, 6.07) is 23.3. The lowest BCUT2D eigenvalue weighted by Crippen LogP contribution is -2.26. The second-order valence-corrected chi connectivity index (χ2v) is 8.92. The van der Waals surface area contributed by atoms with Crippen molar-refractivity contribution in [3.05, 3.63) is 101 Å². The summed E-state index contributed by atoms with van der Waals surface area (Å²) < 4.78 is 27.6. The van der Waals surface area contributed by atoms with Crippen molar-refractivity contribution in [2.24, 2.45) is 5.10 Å². The highest BCUT2D eigenvalue weighted by atomic mass is 35.5. The van der Waals surface area contributed by atoms with E-state index in [-0.39, 0.29) is 17.4 Å². The van der Waals surface area contributed by atoms with E-state index in [1.54, 1.807) is 24.3 Å². The van der Waals surface area contributed by atoms with Crippen LogP contribution in [0.2, 0.25) is 5.02 Å². The predicted molar refractivity (Wildman–Crippen MR) is 115 cm³/mol. The number of sulfonamides is 1. The van der Waals surface area contributed by atoms with Gasteiger partial charge in [-0.2, -0.15) is 17.9 Å². The molecule has 0 bridgehead atoms. The van der Waals surface area contributed by atoms with Crippen molar-refractivity contribution in [1.82, 2.24) is 4.41 Å². The summed E-state index contributed by atoms with van der Waals surface area (Å²) in [4.78, 5) is 0.126. The summed E-state index contributed by atoms with van der Waals surface area (Å²) in [6.45, 7) is 0.213. The van der Waals surface area contributed by atoms with Crippen molar-refractivity contribution in [2.75, 3.05) is 6.54 Å².